The average molecular weight is 164 g/mol. The van der Waals surface area contributed by atoms with Crippen LogP contribution < -0.4 is 0 Å². The SMILES string of the molecule is CCc1nsc2ccncc12. The van der Waals surface area contributed by atoms with Gasteiger partial charge in [-0.1, -0.05) is 6.92 Å². The Bertz CT molecular complexity index is 367. The van der Waals surface area contributed by atoms with E-state index in [0.29, 0.717) is 0 Å². The zero-order valence-corrected chi connectivity index (χ0v) is 7.06. The summed E-state index contributed by atoms with van der Waals surface area (Å²) in [5.41, 5.74) is 1.16. The van der Waals surface area contributed by atoms with Crippen molar-refractivity contribution in [3.63, 3.8) is 0 Å². The van der Waals surface area contributed by atoms with E-state index in [2.05, 4.69) is 16.3 Å². The first kappa shape index (κ1) is 6.73. The molecule has 0 N–H and O–H groups in total. The standard InChI is InChI=1S/C8H8N2S/c1-2-7-6-5-9-4-3-8(6)11-10-7/h3-5H,2H2,1H3. The normalized spacial score (nSPS) is 10.6. The number of aryl methyl sites for hydroxylation is 1. The maximum atomic E-state index is 4.32. The van der Waals surface area contributed by atoms with Gasteiger partial charge in [-0.15, -0.1) is 0 Å². The Morgan fingerprint density at radius 3 is 3.27 bits per heavy atom. The van der Waals surface area contributed by atoms with Crippen molar-refractivity contribution in [2.24, 2.45) is 0 Å². The van der Waals surface area contributed by atoms with Gasteiger partial charge in [0.25, 0.3) is 0 Å². The van der Waals surface area contributed by atoms with Gasteiger partial charge < -0.3 is 0 Å². The minimum absolute atomic E-state index is 0.992. The highest BCUT2D eigenvalue weighted by Crippen LogP contribution is 2.20. The summed E-state index contributed by atoms with van der Waals surface area (Å²) in [7, 11) is 0. The van der Waals surface area contributed by atoms with Gasteiger partial charge in [0, 0.05) is 17.8 Å². The minimum Gasteiger partial charge on any atom is -0.264 e. The third kappa shape index (κ3) is 1.01. The number of hydrogen-bond donors (Lipinski definition) is 0. The van der Waals surface area contributed by atoms with Gasteiger partial charge in [0.1, 0.15) is 0 Å². The average Bonchev–Trinajstić information content (AvgIpc) is 2.47. The van der Waals surface area contributed by atoms with Crippen LogP contribution in [0.4, 0.5) is 0 Å². The maximum absolute atomic E-state index is 4.32. The molecule has 0 spiro atoms. The molecule has 2 heterocycles. The first-order chi connectivity index (χ1) is 5.42. The van der Waals surface area contributed by atoms with Crippen molar-refractivity contribution in [3.05, 3.63) is 24.2 Å². The van der Waals surface area contributed by atoms with Gasteiger partial charge in [0.15, 0.2) is 0 Å². The molecule has 0 aliphatic heterocycles. The van der Waals surface area contributed by atoms with Crippen molar-refractivity contribution in [2.75, 3.05) is 0 Å². The van der Waals surface area contributed by atoms with E-state index in [1.54, 1.807) is 17.7 Å². The molecule has 2 nitrogen and oxygen atoms in total. The Hall–Kier alpha value is -0.960. The number of aromatic nitrogens is 2. The van der Waals surface area contributed by atoms with Crippen LogP contribution in [-0.4, -0.2) is 9.36 Å². The smallest absolute Gasteiger partial charge is 0.0633 e. The second kappa shape index (κ2) is 2.58. The number of pyridine rings is 1. The lowest BCUT2D eigenvalue weighted by atomic mass is 10.2. The fourth-order valence-corrected chi connectivity index (χ4v) is 1.91. The molecule has 0 saturated carbocycles. The number of fused-ring (bicyclic) bond motifs is 1. The third-order valence-electron chi connectivity index (χ3n) is 1.68. The molecule has 0 aliphatic rings. The van der Waals surface area contributed by atoms with Crippen molar-refractivity contribution >= 4 is 21.6 Å². The predicted molar refractivity (Wildman–Crippen MR) is 46.8 cm³/mol. The fraction of sp³-hybridized carbons (Fsp3) is 0.250. The monoisotopic (exact) mass is 164 g/mol. The van der Waals surface area contributed by atoms with Gasteiger partial charge in [-0.3, -0.25) is 4.98 Å². The van der Waals surface area contributed by atoms with E-state index in [0.717, 1.165) is 12.1 Å². The van der Waals surface area contributed by atoms with Crippen LogP contribution in [0.3, 0.4) is 0 Å². The first-order valence-electron chi connectivity index (χ1n) is 3.60. The molecule has 0 atom stereocenters. The molecule has 0 radical (unpaired) electrons. The van der Waals surface area contributed by atoms with Gasteiger partial charge in [-0.25, -0.2) is 0 Å². The molecule has 0 unspecified atom stereocenters. The molecule has 3 heteroatoms. The third-order valence-corrected chi connectivity index (χ3v) is 2.55. The zero-order chi connectivity index (χ0) is 7.68. The molecule has 56 valence electrons. The molecule has 2 aromatic heterocycles. The van der Waals surface area contributed by atoms with E-state index in [4.69, 9.17) is 0 Å². The Morgan fingerprint density at radius 2 is 2.45 bits per heavy atom. The van der Waals surface area contributed by atoms with Crippen molar-refractivity contribution in [3.8, 4) is 0 Å². The van der Waals surface area contributed by atoms with E-state index < -0.39 is 0 Å². The van der Waals surface area contributed by atoms with E-state index in [1.165, 1.54) is 10.1 Å². The highest BCUT2D eigenvalue weighted by atomic mass is 32.1. The Morgan fingerprint density at radius 1 is 1.55 bits per heavy atom. The van der Waals surface area contributed by atoms with Crippen LogP contribution in [0.5, 0.6) is 0 Å². The summed E-state index contributed by atoms with van der Waals surface area (Å²) in [6.45, 7) is 2.11. The fourth-order valence-electron chi connectivity index (χ4n) is 1.09. The predicted octanol–water partition coefficient (Wildman–Crippen LogP) is 2.25. The van der Waals surface area contributed by atoms with Crippen molar-refractivity contribution in [1.29, 1.82) is 0 Å². The molecule has 0 aliphatic carbocycles. The Kier molecular flexibility index (Phi) is 1.58. The quantitative estimate of drug-likeness (QED) is 0.646. The lowest BCUT2D eigenvalue weighted by molar-refractivity contribution is 1.10. The summed E-state index contributed by atoms with van der Waals surface area (Å²) in [6.07, 6.45) is 4.68. The maximum Gasteiger partial charge on any atom is 0.0633 e. The molecule has 2 aromatic rings. The summed E-state index contributed by atoms with van der Waals surface area (Å²) in [5, 5.41) is 1.21. The molecule has 0 saturated heterocycles. The second-order valence-electron chi connectivity index (χ2n) is 2.35. The van der Waals surface area contributed by atoms with Gasteiger partial charge in [-0.2, -0.15) is 4.37 Å². The number of rotatable bonds is 1. The van der Waals surface area contributed by atoms with Crippen LogP contribution in [-0.2, 0) is 6.42 Å². The minimum atomic E-state index is 0.992. The van der Waals surface area contributed by atoms with Gasteiger partial charge in [0.2, 0.25) is 0 Å². The zero-order valence-electron chi connectivity index (χ0n) is 6.24. The molecule has 0 amide bonds. The topological polar surface area (TPSA) is 25.8 Å². The number of nitrogens with zero attached hydrogens (tertiary/aromatic N) is 2. The highest BCUT2D eigenvalue weighted by molar-refractivity contribution is 7.13. The van der Waals surface area contributed by atoms with Crippen LogP contribution in [0.25, 0.3) is 10.1 Å². The van der Waals surface area contributed by atoms with Crippen molar-refractivity contribution < 1.29 is 0 Å². The summed E-state index contributed by atoms with van der Waals surface area (Å²) in [5.74, 6) is 0. The number of hydrogen-bond acceptors (Lipinski definition) is 3. The molecule has 0 bridgehead atoms. The Balaban J connectivity index is 2.76. The van der Waals surface area contributed by atoms with Crippen LogP contribution in [0, 0.1) is 0 Å². The van der Waals surface area contributed by atoms with Crippen molar-refractivity contribution in [1.82, 2.24) is 9.36 Å². The van der Waals surface area contributed by atoms with Crippen molar-refractivity contribution in [2.45, 2.75) is 13.3 Å². The van der Waals surface area contributed by atoms with Gasteiger partial charge >= 0.3 is 0 Å². The molecular formula is C8H8N2S. The second-order valence-corrected chi connectivity index (χ2v) is 3.16. The first-order valence-corrected chi connectivity index (χ1v) is 4.37. The summed E-state index contributed by atoms with van der Waals surface area (Å²) < 4.78 is 5.55. The molecule has 2 rings (SSSR count). The largest absolute Gasteiger partial charge is 0.264 e. The highest BCUT2D eigenvalue weighted by Gasteiger charge is 2.01. The summed E-state index contributed by atoms with van der Waals surface area (Å²) >= 11 is 1.55. The van der Waals surface area contributed by atoms with Crippen LogP contribution >= 0.6 is 11.5 Å². The molecule has 0 aromatic carbocycles. The summed E-state index contributed by atoms with van der Waals surface area (Å²) in [6, 6.07) is 2.01. The molecule has 11 heavy (non-hydrogen) atoms. The lowest BCUT2D eigenvalue weighted by Gasteiger charge is -1.88. The molecular weight excluding hydrogens is 156 g/mol. The van der Waals surface area contributed by atoms with E-state index in [9.17, 15) is 0 Å². The van der Waals surface area contributed by atoms with Crippen LogP contribution in [0.15, 0.2) is 18.5 Å². The van der Waals surface area contributed by atoms with E-state index >= 15 is 0 Å². The van der Waals surface area contributed by atoms with Crippen LogP contribution in [0.2, 0.25) is 0 Å². The van der Waals surface area contributed by atoms with E-state index in [1.807, 2.05) is 12.3 Å². The van der Waals surface area contributed by atoms with Gasteiger partial charge in [-0.05, 0) is 24.0 Å². The van der Waals surface area contributed by atoms with E-state index in [-0.39, 0.29) is 0 Å². The molecule has 0 fully saturated rings. The lowest BCUT2D eigenvalue weighted by Crippen LogP contribution is -1.78. The van der Waals surface area contributed by atoms with Crippen LogP contribution in [0.1, 0.15) is 12.6 Å². The summed E-state index contributed by atoms with van der Waals surface area (Å²) in [4.78, 5) is 4.06. The Labute approximate surface area is 69.1 Å². The van der Waals surface area contributed by atoms with Gasteiger partial charge in [0.05, 0.1) is 10.4 Å².